The zero-order chi connectivity index (χ0) is 21.5. The Labute approximate surface area is 181 Å². The summed E-state index contributed by atoms with van der Waals surface area (Å²) < 4.78 is 58.3. The molecule has 0 aliphatic carbocycles. The Kier molecular flexibility index (Phi) is 5.69. The van der Waals surface area contributed by atoms with Gasteiger partial charge in [-0.25, -0.2) is 17.2 Å². The minimum absolute atomic E-state index is 0.0427. The van der Waals surface area contributed by atoms with Crippen LogP contribution in [0.1, 0.15) is 25.1 Å². The van der Waals surface area contributed by atoms with Crippen LogP contribution in [-0.4, -0.2) is 23.2 Å². The van der Waals surface area contributed by atoms with Crippen molar-refractivity contribution in [2.45, 2.75) is 37.1 Å². The molecule has 1 aliphatic heterocycles. The number of hydrogen-bond donors (Lipinski definition) is 1. The van der Waals surface area contributed by atoms with Gasteiger partial charge in [0.1, 0.15) is 17.5 Å². The first-order valence-electron chi connectivity index (χ1n) is 9.15. The molecule has 0 saturated carbocycles. The number of benzene rings is 2. The third-order valence-corrected chi connectivity index (χ3v) is 6.58. The molecule has 6 nitrogen and oxygen atoms in total. The third kappa shape index (κ3) is 4.14. The average molecular weight is 473 g/mol. The van der Waals surface area contributed by atoms with Gasteiger partial charge in [-0.2, -0.15) is 0 Å². The summed E-state index contributed by atoms with van der Waals surface area (Å²) in [6.45, 7) is 0.608. The fraction of sp³-hybridized carbons (Fsp3) is 0.263. The molecule has 1 aromatic heterocycles. The van der Waals surface area contributed by atoms with Gasteiger partial charge < -0.3 is 4.57 Å². The Bertz CT molecular complexity index is 1210. The molecule has 11 heteroatoms. The quantitative estimate of drug-likeness (QED) is 0.575. The number of fused-ring (bicyclic) bond motifs is 1. The van der Waals surface area contributed by atoms with E-state index in [9.17, 15) is 17.2 Å². The maximum absolute atomic E-state index is 14.6. The van der Waals surface area contributed by atoms with Crippen molar-refractivity contribution in [3.05, 3.63) is 57.8 Å². The maximum atomic E-state index is 14.6. The predicted molar refractivity (Wildman–Crippen MR) is 110 cm³/mol. The van der Waals surface area contributed by atoms with E-state index < -0.39 is 27.3 Å². The molecule has 0 unspecified atom stereocenters. The number of sulfonamides is 1. The largest absolute Gasteiger partial charge is 0.311 e. The zero-order valence-electron chi connectivity index (χ0n) is 15.5. The van der Waals surface area contributed by atoms with Gasteiger partial charge in [0, 0.05) is 29.1 Å². The van der Waals surface area contributed by atoms with E-state index in [1.807, 2.05) is 0 Å². The van der Waals surface area contributed by atoms with Crippen molar-refractivity contribution in [1.29, 1.82) is 0 Å². The monoisotopic (exact) mass is 472 g/mol. The Morgan fingerprint density at radius 3 is 2.40 bits per heavy atom. The first kappa shape index (κ1) is 21.0. The van der Waals surface area contributed by atoms with Crippen molar-refractivity contribution in [2.24, 2.45) is 0 Å². The first-order valence-corrected chi connectivity index (χ1v) is 11.4. The molecule has 0 radical (unpaired) electrons. The second-order valence-corrected chi connectivity index (χ2v) is 9.48. The van der Waals surface area contributed by atoms with E-state index >= 15 is 0 Å². The summed E-state index contributed by atoms with van der Waals surface area (Å²) in [6.07, 6.45) is 3.57. The van der Waals surface area contributed by atoms with Crippen LogP contribution < -0.4 is 4.72 Å². The second-order valence-electron chi connectivity index (χ2n) is 6.92. The fourth-order valence-corrected chi connectivity index (χ4v) is 5.15. The molecule has 3 aromatic rings. The zero-order valence-corrected chi connectivity index (χ0v) is 17.8. The minimum atomic E-state index is -4.23. The van der Waals surface area contributed by atoms with Gasteiger partial charge in [-0.15, -0.1) is 10.2 Å². The summed E-state index contributed by atoms with van der Waals surface area (Å²) in [7, 11) is -4.23. The topological polar surface area (TPSA) is 76.9 Å². The van der Waals surface area contributed by atoms with Gasteiger partial charge in [0.2, 0.25) is 0 Å². The van der Waals surface area contributed by atoms with E-state index in [-0.39, 0.29) is 26.3 Å². The molecule has 0 bridgehead atoms. The van der Waals surface area contributed by atoms with E-state index in [2.05, 4.69) is 14.9 Å². The van der Waals surface area contributed by atoms with Crippen molar-refractivity contribution < 1.29 is 17.2 Å². The van der Waals surface area contributed by atoms with Gasteiger partial charge in [0.25, 0.3) is 10.0 Å². The number of hydrogen-bond acceptors (Lipinski definition) is 4. The summed E-state index contributed by atoms with van der Waals surface area (Å²) in [5, 5.41) is 8.38. The van der Waals surface area contributed by atoms with Gasteiger partial charge in [0.05, 0.1) is 16.1 Å². The van der Waals surface area contributed by atoms with Crippen LogP contribution in [0, 0.1) is 11.6 Å². The van der Waals surface area contributed by atoms with Crippen molar-refractivity contribution in [2.75, 3.05) is 4.72 Å². The number of aryl methyl sites for hydroxylation is 1. The molecular formula is C19H16Cl2F2N4O2S. The molecule has 0 atom stereocenters. The van der Waals surface area contributed by atoms with Crippen molar-refractivity contribution in [3.63, 3.8) is 0 Å². The van der Waals surface area contributed by atoms with Gasteiger partial charge in [-0.3, -0.25) is 4.72 Å². The highest BCUT2D eigenvalue weighted by Gasteiger charge is 2.23. The summed E-state index contributed by atoms with van der Waals surface area (Å²) in [5.41, 5.74) is -0.465. The number of halogens is 4. The number of nitrogens with one attached hydrogen (secondary N) is 1. The number of aromatic nitrogens is 3. The molecular weight excluding hydrogens is 457 g/mol. The van der Waals surface area contributed by atoms with Crippen molar-refractivity contribution in [1.82, 2.24) is 14.8 Å². The normalized spacial score (nSPS) is 14.3. The van der Waals surface area contributed by atoms with Gasteiger partial charge >= 0.3 is 0 Å². The molecule has 1 N–H and O–H groups in total. The highest BCUT2D eigenvalue weighted by atomic mass is 35.5. The van der Waals surface area contributed by atoms with Crippen LogP contribution in [-0.2, 0) is 23.0 Å². The number of anilines is 1. The lowest BCUT2D eigenvalue weighted by Gasteiger charge is -2.13. The van der Waals surface area contributed by atoms with Crippen molar-refractivity contribution in [3.8, 4) is 11.4 Å². The van der Waals surface area contributed by atoms with E-state index in [1.165, 1.54) is 18.2 Å². The second kappa shape index (κ2) is 8.13. The lowest BCUT2D eigenvalue weighted by molar-refractivity contribution is 0.581. The number of nitrogens with zero attached hydrogens (tertiary/aromatic N) is 3. The van der Waals surface area contributed by atoms with E-state index in [0.29, 0.717) is 19.0 Å². The lowest BCUT2D eigenvalue weighted by atomic mass is 10.1. The Hall–Kier alpha value is -2.23. The van der Waals surface area contributed by atoms with Gasteiger partial charge in [0.15, 0.2) is 5.82 Å². The third-order valence-electron chi connectivity index (χ3n) is 4.80. The Balaban J connectivity index is 1.75. The van der Waals surface area contributed by atoms with Crippen LogP contribution in [0.4, 0.5) is 14.5 Å². The van der Waals surface area contributed by atoms with Crippen LogP contribution in [0.15, 0.2) is 35.2 Å². The van der Waals surface area contributed by atoms with Crippen LogP contribution in [0.2, 0.25) is 10.0 Å². The highest BCUT2D eigenvalue weighted by molar-refractivity contribution is 7.92. The van der Waals surface area contributed by atoms with E-state index in [4.69, 9.17) is 23.2 Å². The van der Waals surface area contributed by atoms with Crippen LogP contribution >= 0.6 is 23.2 Å². The number of rotatable bonds is 4. The summed E-state index contributed by atoms with van der Waals surface area (Å²) >= 11 is 11.7. The summed E-state index contributed by atoms with van der Waals surface area (Å²) in [4.78, 5) is -0.249. The maximum Gasteiger partial charge on any atom is 0.262 e. The Morgan fingerprint density at radius 2 is 1.67 bits per heavy atom. The van der Waals surface area contributed by atoms with Crippen molar-refractivity contribution >= 4 is 38.9 Å². The molecule has 2 aromatic carbocycles. The molecule has 0 saturated heterocycles. The fourth-order valence-electron chi connectivity index (χ4n) is 3.37. The molecule has 0 fully saturated rings. The smallest absolute Gasteiger partial charge is 0.262 e. The standard InChI is InChI=1S/C19H16Cl2F2N4O2S/c20-11-6-12(21)8-13(7-11)30(28,29)26-17-9-14(15(22)10-16(17)23)19-25-24-18-4-2-1-3-5-27(18)19/h6-10,26H,1-5H2. The average Bonchev–Trinajstić information content (AvgIpc) is 2.90. The molecule has 0 amide bonds. The van der Waals surface area contributed by atoms with Gasteiger partial charge in [-0.05, 0) is 37.1 Å². The molecule has 30 heavy (non-hydrogen) atoms. The summed E-state index contributed by atoms with van der Waals surface area (Å²) in [6, 6.07) is 5.43. The van der Waals surface area contributed by atoms with Crippen LogP contribution in [0.5, 0.6) is 0 Å². The molecule has 4 rings (SSSR count). The van der Waals surface area contributed by atoms with Crippen LogP contribution in [0.3, 0.4) is 0 Å². The highest BCUT2D eigenvalue weighted by Crippen LogP contribution is 2.31. The first-order chi connectivity index (χ1) is 14.2. The van der Waals surface area contributed by atoms with E-state index in [0.717, 1.165) is 31.2 Å². The van der Waals surface area contributed by atoms with Crippen LogP contribution in [0.25, 0.3) is 11.4 Å². The molecule has 1 aliphatic rings. The minimum Gasteiger partial charge on any atom is -0.311 e. The van der Waals surface area contributed by atoms with Gasteiger partial charge in [-0.1, -0.05) is 29.6 Å². The lowest BCUT2D eigenvalue weighted by Crippen LogP contribution is -2.14. The Morgan fingerprint density at radius 1 is 0.933 bits per heavy atom. The predicted octanol–water partition coefficient (Wildman–Crippen LogP) is 5.06. The molecule has 2 heterocycles. The molecule has 158 valence electrons. The summed E-state index contributed by atoms with van der Waals surface area (Å²) in [5.74, 6) is -0.971. The van der Waals surface area contributed by atoms with E-state index in [1.54, 1.807) is 4.57 Å². The molecule has 0 spiro atoms. The SMILES string of the molecule is O=S(=O)(Nc1cc(-c2nnc3n2CCCCC3)c(F)cc1F)c1cc(Cl)cc(Cl)c1.